The van der Waals surface area contributed by atoms with Crippen LogP contribution in [0.25, 0.3) is 0 Å². The van der Waals surface area contributed by atoms with Crippen molar-refractivity contribution in [1.82, 2.24) is 16.0 Å². The minimum atomic E-state index is -1.13. The smallest absolute Gasteiger partial charge is 0.326 e. The zero-order chi connectivity index (χ0) is 26.3. The normalized spacial score (nSPS) is 14.9. The van der Waals surface area contributed by atoms with Crippen molar-refractivity contribution in [3.05, 3.63) is 0 Å². The third-order valence-electron chi connectivity index (χ3n) is 5.21. The number of hydrogen-bond acceptors (Lipinski definition) is 7. The molecule has 0 aromatic heterocycles. The highest BCUT2D eigenvalue weighted by atomic mass is 32.2. The number of aliphatic carboxylic acids is 1. The maximum absolute atomic E-state index is 13.1. The quantitative estimate of drug-likeness (QED) is 0.149. The fraction of sp³-hybridized carbons (Fsp3) is 0.826. The molecule has 8 N–H and O–H groups in total. The van der Waals surface area contributed by atoms with Gasteiger partial charge in [0, 0.05) is 0 Å². The number of carbonyl (C=O) groups is 4. The van der Waals surface area contributed by atoms with E-state index in [1.165, 1.54) is 11.8 Å². The molecule has 0 radical (unpaired) electrons. The van der Waals surface area contributed by atoms with Gasteiger partial charge in [-0.05, 0) is 68.9 Å². The Hall–Kier alpha value is -1.85. The van der Waals surface area contributed by atoms with Gasteiger partial charge in [0.25, 0.3) is 0 Å². The Bertz CT molecular complexity index is 647. The van der Waals surface area contributed by atoms with Gasteiger partial charge < -0.3 is 32.5 Å². The first-order chi connectivity index (χ1) is 15.9. The van der Waals surface area contributed by atoms with Crippen molar-refractivity contribution in [1.29, 1.82) is 0 Å². The molecule has 0 aromatic carbocycles. The van der Waals surface area contributed by atoms with E-state index in [0.717, 1.165) is 0 Å². The second-order valence-corrected chi connectivity index (χ2v) is 10.4. The van der Waals surface area contributed by atoms with Crippen LogP contribution in [0.5, 0.6) is 0 Å². The Labute approximate surface area is 208 Å². The predicted molar refractivity (Wildman–Crippen MR) is 136 cm³/mol. The van der Waals surface area contributed by atoms with Crippen LogP contribution in [-0.4, -0.2) is 71.5 Å². The molecule has 11 heteroatoms. The van der Waals surface area contributed by atoms with Gasteiger partial charge in [0.05, 0.1) is 6.04 Å². The number of carboxylic acid groups (broad SMARTS) is 1. The van der Waals surface area contributed by atoms with Gasteiger partial charge >= 0.3 is 5.97 Å². The summed E-state index contributed by atoms with van der Waals surface area (Å²) in [6, 6.07) is -3.58. The molecular weight excluding hydrogens is 458 g/mol. The molecule has 0 aromatic rings. The number of thioether (sulfide) groups is 1. The molecule has 0 rings (SSSR count). The van der Waals surface area contributed by atoms with Gasteiger partial charge in [-0.1, -0.05) is 27.7 Å². The Morgan fingerprint density at radius 3 is 1.82 bits per heavy atom. The van der Waals surface area contributed by atoms with Gasteiger partial charge in [-0.15, -0.1) is 0 Å². The molecule has 10 nitrogen and oxygen atoms in total. The van der Waals surface area contributed by atoms with Crippen LogP contribution in [0, 0.1) is 11.8 Å². The highest BCUT2D eigenvalue weighted by Gasteiger charge is 2.30. The molecule has 34 heavy (non-hydrogen) atoms. The van der Waals surface area contributed by atoms with Crippen LogP contribution in [0.3, 0.4) is 0 Å². The molecule has 0 saturated heterocycles. The minimum Gasteiger partial charge on any atom is -0.480 e. The first-order valence-electron chi connectivity index (χ1n) is 12.0. The van der Waals surface area contributed by atoms with Crippen LogP contribution in [0.4, 0.5) is 0 Å². The van der Waals surface area contributed by atoms with Crippen molar-refractivity contribution in [2.75, 3.05) is 18.6 Å². The van der Waals surface area contributed by atoms with E-state index in [9.17, 15) is 24.3 Å². The van der Waals surface area contributed by atoms with Crippen molar-refractivity contribution in [3.63, 3.8) is 0 Å². The molecular formula is C23H45N5O5S. The van der Waals surface area contributed by atoms with Gasteiger partial charge in [-0.2, -0.15) is 11.8 Å². The zero-order valence-electron chi connectivity index (χ0n) is 21.3. The highest BCUT2D eigenvalue weighted by Crippen LogP contribution is 2.10. The summed E-state index contributed by atoms with van der Waals surface area (Å²) in [4.78, 5) is 50.1. The van der Waals surface area contributed by atoms with Gasteiger partial charge in [-0.3, -0.25) is 14.4 Å². The SMILES string of the molecule is CSCCC(NC(=O)C(CCCCN)NC(=O)C(CC(C)C)NC(=O)C(N)CC(C)C)C(=O)O. The molecule has 0 heterocycles. The minimum absolute atomic E-state index is 0.102. The monoisotopic (exact) mass is 503 g/mol. The summed E-state index contributed by atoms with van der Waals surface area (Å²) in [5.41, 5.74) is 11.5. The summed E-state index contributed by atoms with van der Waals surface area (Å²) in [6.07, 6.45) is 4.52. The molecule has 0 aliphatic rings. The summed E-state index contributed by atoms with van der Waals surface area (Å²) in [7, 11) is 0. The highest BCUT2D eigenvalue weighted by molar-refractivity contribution is 7.98. The first kappa shape index (κ1) is 32.1. The molecule has 0 fully saturated rings. The number of amides is 3. The third-order valence-corrected chi connectivity index (χ3v) is 5.85. The first-order valence-corrected chi connectivity index (χ1v) is 13.4. The van der Waals surface area contributed by atoms with Gasteiger partial charge in [-0.25, -0.2) is 4.79 Å². The van der Waals surface area contributed by atoms with E-state index in [1.54, 1.807) is 0 Å². The summed E-state index contributed by atoms with van der Waals surface area (Å²) in [5, 5.41) is 17.4. The van der Waals surface area contributed by atoms with Crippen LogP contribution in [-0.2, 0) is 19.2 Å². The summed E-state index contributed by atoms with van der Waals surface area (Å²) < 4.78 is 0. The average molecular weight is 504 g/mol. The Balaban J connectivity index is 5.47. The van der Waals surface area contributed by atoms with E-state index >= 15 is 0 Å². The van der Waals surface area contributed by atoms with Crippen LogP contribution < -0.4 is 27.4 Å². The molecule has 0 saturated carbocycles. The Kier molecular flexibility index (Phi) is 16.6. The number of rotatable bonds is 18. The van der Waals surface area contributed by atoms with E-state index in [0.29, 0.717) is 44.4 Å². The summed E-state index contributed by atoms with van der Waals surface area (Å²) in [6.45, 7) is 8.21. The lowest BCUT2D eigenvalue weighted by atomic mass is 10.00. The van der Waals surface area contributed by atoms with Crippen LogP contribution in [0.15, 0.2) is 0 Å². The maximum Gasteiger partial charge on any atom is 0.326 e. The lowest BCUT2D eigenvalue weighted by molar-refractivity contribution is -0.142. The van der Waals surface area contributed by atoms with E-state index in [4.69, 9.17) is 11.5 Å². The molecule has 4 unspecified atom stereocenters. The van der Waals surface area contributed by atoms with Crippen LogP contribution >= 0.6 is 11.8 Å². The fourth-order valence-electron chi connectivity index (χ4n) is 3.40. The lowest BCUT2D eigenvalue weighted by Gasteiger charge is -2.26. The maximum atomic E-state index is 13.1. The number of carboxylic acids is 1. The fourth-order valence-corrected chi connectivity index (χ4v) is 3.87. The van der Waals surface area contributed by atoms with E-state index in [-0.39, 0.29) is 18.3 Å². The Morgan fingerprint density at radius 1 is 0.794 bits per heavy atom. The molecule has 0 aliphatic heterocycles. The van der Waals surface area contributed by atoms with Crippen LogP contribution in [0.1, 0.15) is 66.2 Å². The molecule has 3 amide bonds. The second kappa shape index (κ2) is 17.6. The van der Waals surface area contributed by atoms with E-state index < -0.39 is 47.9 Å². The topological polar surface area (TPSA) is 177 Å². The summed E-state index contributed by atoms with van der Waals surface area (Å²) in [5.74, 6) is -1.71. The van der Waals surface area contributed by atoms with Crippen LogP contribution in [0.2, 0.25) is 0 Å². The van der Waals surface area contributed by atoms with E-state index in [1.807, 2.05) is 34.0 Å². The number of carbonyl (C=O) groups excluding carboxylic acids is 3. The number of nitrogens with one attached hydrogen (secondary N) is 3. The van der Waals surface area contributed by atoms with E-state index in [2.05, 4.69) is 16.0 Å². The van der Waals surface area contributed by atoms with Crippen molar-refractivity contribution < 1.29 is 24.3 Å². The van der Waals surface area contributed by atoms with Gasteiger partial charge in [0.2, 0.25) is 17.7 Å². The third kappa shape index (κ3) is 13.8. The standard InChI is InChI=1S/C23H45N5O5S/c1-14(2)12-16(25)20(29)28-19(13-15(3)4)22(31)26-17(8-6-7-10-24)21(30)27-18(23(32)33)9-11-34-5/h14-19H,6-13,24-25H2,1-5H3,(H,26,31)(H,27,30)(H,28,29)(H,32,33). The van der Waals surface area contributed by atoms with Crippen molar-refractivity contribution >= 4 is 35.5 Å². The molecule has 198 valence electrons. The molecule has 0 bridgehead atoms. The number of nitrogens with two attached hydrogens (primary N) is 2. The van der Waals surface area contributed by atoms with Crippen molar-refractivity contribution in [3.8, 4) is 0 Å². The van der Waals surface area contributed by atoms with Crippen molar-refractivity contribution in [2.45, 2.75) is 90.4 Å². The summed E-state index contributed by atoms with van der Waals surface area (Å²) >= 11 is 1.48. The number of hydrogen-bond donors (Lipinski definition) is 6. The average Bonchev–Trinajstić information content (AvgIpc) is 2.74. The second-order valence-electron chi connectivity index (χ2n) is 9.45. The van der Waals surface area contributed by atoms with Crippen molar-refractivity contribution in [2.24, 2.45) is 23.3 Å². The Morgan fingerprint density at radius 2 is 1.32 bits per heavy atom. The lowest BCUT2D eigenvalue weighted by Crippen LogP contribution is -2.57. The van der Waals surface area contributed by atoms with Gasteiger partial charge in [0.15, 0.2) is 0 Å². The van der Waals surface area contributed by atoms with Gasteiger partial charge in [0.1, 0.15) is 18.1 Å². The predicted octanol–water partition coefficient (Wildman–Crippen LogP) is 0.827. The number of unbranched alkanes of at least 4 members (excludes halogenated alkanes) is 1. The molecule has 4 atom stereocenters. The molecule has 0 spiro atoms. The zero-order valence-corrected chi connectivity index (χ0v) is 22.1. The molecule has 0 aliphatic carbocycles. The largest absolute Gasteiger partial charge is 0.480 e.